The van der Waals surface area contributed by atoms with Crippen LogP contribution in [0.4, 0.5) is 18.0 Å². The van der Waals surface area contributed by atoms with Gasteiger partial charge in [-0.15, -0.1) is 0 Å². The van der Waals surface area contributed by atoms with Crippen molar-refractivity contribution in [1.29, 1.82) is 0 Å². The molecular formula is C11H17F3N2O4. The van der Waals surface area contributed by atoms with Gasteiger partial charge in [0, 0.05) is 26.7 Å². The number of likely N-dealkylation sites (tertiary alicyclic amines) is 1. The van der Waals surface area contributed by atoms with E-state index >= 15 is 0 Å². The van der Waals surface area contributed by atoms with Gasteiger partial charge in [-0.2, -0.15) is 13.2 Å². The van der Waals surface area contributed by atoms with Crippen LogP contribution < -0.4 is 0 Å². The molecule has 0 saturated carbocycles. The second-order valence-electron chi connectivity index (χ2n) is 5.07. The molecule has 0 radical (unpaired) electrons. The van der Waals surface area contributed by atoms with E-state index in [1.54, 1.807) is 0 Å². The normalized spacial score (nSPS) is 24.6. The van der Waals surface area contributed by atoms with Gasteiger partial charge in [-0.3, -0.25) is 4.79 Å². The van der Waals surface area contributed by atoms with Crippen LogP contribution in [-0.2, 0) is 4.79 Å². The highest BCUT2D eigenvalue weighted by atomic mass is 19.4. The number of likely N-dealkylation sites (N-methyl/N-ethyl adjacent to an activating group) is 1. The molecule has 0 spiro atoms. The van der Waals surface area contributed by atoms with Crippen molar-refractivity contribution >= 4 is 12.0 Å². The van der Waals surface area contributed by atoms with E-state index in [9.17, 15) is 22.8 Å². The van der Waals surface area contributed by atoms with Crippen molar-refractivity contribution in [3.05, 3.63) is 0 Å². The van der Waals surface area contributed by atoms with Crippen molar-refractivity contribution < 1.29 is 33.0 Å². The highest BCUT2D eigenvalue weighted by Gasteiger charge is 2.64. The molecule has 2 unspecified atom stereocenters. The predicted molar refractivity (Wildman–Crippen MR) is 62.0 cm³/mol. The summed E-state index contributed by atoms with van der Waals surface area (Å²) in [4.78, 5) is 24.8. The first-order valence-electron chi connectivity index (χ1n) is 5.99. The Morgan fingerprint density at radius 1 is 1.45 bits per heavy atom. The molecule has 1 saturated heterocycles. The Morgan fingerprint density at radius 3 is 2.35 bits per heavy atom. The number of hydrogen-bond acceptors (Lipinski definition) is 3. The van der Waals surface area contributed by atoms with Gasteiger partial charge in [0.15, 0.2) is 5.41 Å². The minimum absolute atomic E-state index is 0.0403. The number of carbonyl (C=O) groups is 2. The molecule has 116 valence electrons. The van der Waals surface area contributed by atoms with Crippen LogP contribution in [0.1, 0.15) is 13.3 Å². The van der Waals surface area contributed by atoms with Crippen LogP contribution in [0.25, 0.3) is 0 Å². The van der Waals surface area contributed by atoms with Gasteiger partial charge in [-0.1, -0.05) is 0 Å². The molecule has 0 bridgehead atoms. The second kappa shape index (κ2) is 5.47. The maximum absolute atomic E-state index is 12.9. The molecule has 2 amide bonds. The average molecular weight is 298 g/mol. The van der Waals surface area contributed by atoms with Crippen molar-refractivity contribution in [1.82, 2.24) is 9.80 Å². The third kappa shape index (κ3) is 2.97. The van der Waals surface area contributed by atoms with Gasteiger partial charge < -0.3 is 20.0 Å². The first-order valence-corrected chi connectivity index (χ1v) is 5.99. The number of hydrogen-bond donors (Lipinski definition) is 2. The number of urea groups is 1. The van der Waals surface area contributed by atoms with Gasteiger partial charge in [0.2, 0.25) is 0 Å². The quantitative estimate of drug-likeness (QED) is 0.806. The van der Waals surface area contributed by atoms with Gasteiger partial charge in [0.25, 0.3) is 0 Å². The number of carboxylic acids is 1. The number of halogens is 3. The van der Waals surface area contributed by atoms with Crippen LogP contribution in [0.5, 0.6) is 0 Å². The first kappa shape index (κ1) is 16.5. The summed E-state index contributed by atoms with van der Waals surface area (Å²) in [5.41, 5.74) is -2.91. The molecule has 20 heavy (non-hydrogen) atoms. The van der Waals surface area contributed by atoms with Gasteiger partial charge in [0.05, 0.1) is 6.10 Å². The van der Waals surface area contributed by atoms with Crippen LogP contribution in [0, 0.1) is 5.41 Å². The largest absolute Gasteiger partial charge is 0.481 e. The third-order valence-corrected chi connectivity index (χ3v) is 3.36. The Bertz CT molecular complexity index is 400. The second-order valence-corrected chi connectivity index (χ2v) is 5.07. The summed E-state index contributed by atoms with van der Waals surface area (Å²) >= 11 is 0. The van der Waals surface area contributed by atoms with E-state index < -0.39 is 42.7 Å². The molecule has 1 heterocycles. The average Bonchev–Trinajstić information content (AvgIpc) is 2.72. The molecule has 1 fully saturated rings. The lowest BCUT2D eigenvalue weighted by molar-refractivity contribution is -0.227. The summed E-state index contributed by atoms with van der Waals surface area (Å²) < 4.78 is 38.8. The number of aliphatic hydroxyl groups excluding tert-OH is 1. The summed E-state index contributed by atoms with van der Waals surface area (Å²) in [5.74, 6) is -1.97. The highest BCUT2D eigenvalue weighted by molar-refractivity contribution is 5.80. The fourth-order valence-electron chi connectivity index (χ4n) is 2.22. The zero-order valence-electron chi connectivity index (χ0n) is 11.1. The minimum Gasteiger partial charge on any atom is -0.481 e. The molecule has 1 aliphatic rings. The van der Waals surface area contributed by atoms with E-state index in [1.165, 1.54) is 14.0 Å². The SMILES string of the molecule is CC(O)CN(C)C(=O)N1CCC(C(=O)O)(C(F)(F)F)C1. The first-order chi connectivity index (χ1) is 9.01. The van der Waals surface area contributed by atoms with Crippen LogP contribution >= 0.6 is 0 Å². The number of amides is 2. The van der Waals surface area contributed by atoms with E-state index in [-0.39, 0.29) is 13.1 Å². The third-order valence-electron chi connectivity index (χ3n) is 3.36. The number of rotatable bonds is 3. The van der Waals surface area contributed by atoms with Crippen molar-refractivity contribution in [2.45, 2.75) is 25.6 Å². The summed E-state index contributed by atoms with van der Waals surface area (Å²) in [6.07, 6.45) is -6.41. The Morgan fingerprint density at radius 2 is 2.00 bits per heavy atom. The fourth-order valence-corrected chi connectivity index (χ4v) is 2.22. The monoisotopic (exact) mass is 298 g/mol. The maximum atomic E-state index is 12.9. The van der Waals surface area contributed by atoms with E-state index in [0.717, 1.165) is 9.80 Å². The highest BCUT2D eigenvalue weighted by Crippen LogP contribution is 2.45. The molecule has 9 heteroatoms. The Hall–Kier alpha value is -1.51. The van der Waals surface area contributed by atoms with Crippen LogP contribution in [0.15, 0.2) is 0 Å². The summed E-state index contributed by atoms with van der Waals surface area (Å²) in [5, 5.41) is 18.0. The standard InChI is InChI=1S/C11H17F3N2O4/c1-7(17)5-15(2)9(20)16-4-3-10(6-16,8(18)19)11(12,13)14/h7,17H,3-6H2,1-2H3,(H,18,19). The van der Waals surface area contributed by atoms with E-state index in [4.69, 9.17) is 10.2 Å². The molecule has 2 atom stereocenters. The molecule has 0 aliphatic carbocycles. The Balaban J connectivity index is 2.85. The lowest BCUT2D eigenvalue weighted by Crippen LogP contribution is -2.49. The van der Waals surface area contributed by atoms with Crippen LogP contribution in [0.2, 0.25) is 0 Å². The number of aliphatic carboxylic acids is 1. The smallest absolute Gasteiger partial charge is 0.406 e. The zero-order chi connectivity index (χ0) is 15.7. The summed E-state index contributed by atoms with van der Waals surface area (Å²) in [6, 6.07) is -0.724. The molecule has 6 nitrogen and oxygen atoms in total. The van der Waals surface area contributed by atoms with Crippen molar-refractivity contribution in [3.63, 3.8) is 0 Å². The molecule has 0 aromatic heterocycles. The zero-order valence-corrected chi connectivity index (χ0v) is 11.1. The fraction of sp³-hybridized carbons (Fsp3) is 0.818. The van der Waals surface area contributed by atoms with Crippen molar-refractivity contribution in [2.24, 2.45) is 5.41 Å². The van der Waals surface area contributed by atoms with Crippen LogP contribution in [0.3, 0.4) is 0 Å². The maximum Gasteiger partial charge on any atom is 0.406 e. The lowest BCUT2D eigenvalue weighted by atomic mass is 9.86. The van der Waals surface area contributed by atoms with Crippen molar-refractivity contribution in [2.75, 3.05) is 26.7 Å². The molecular weight excluding hydrogens is 281 g/mol. The van der Waals surface area contributed by atoms with Gasteiger partial charge in [-0.25, -0.2) is 4.79 Å². The topological polar surface area (TPSA) is 81.1 Å². The lowest BCUT2D eigenvalue weighted by Gasteiger charge is -2.29. The number of carboxylic acid groups (broad SMARTS) is 1. The van der Waals surface area contributed by atoms with Gasteiger partial charge in [-0.05, 0) is 13.3 Å². The molecule has 1 aliphatic heterocycles. The van der Waals surface area contributed by atoms with Gasteiger partial charge >= 0.3 is 18.2 Å². The Labute approximate surface area is 113 Å². The van der Waals surface area contributed by atoms with Crippen LogP contribution in [-0.4, -0.2) is 71.0 Å². The van der Waals surface area contributed by atoms with E-state index in [0.29, 0.717) is 0 Å². The van der Waals surface area contributed by atoms with Gasteiger partial charge in [0.1, 0.15) is 0 Å². The molecule has 2 N–H and O–H groups in total. The minimum atomic E-state index is -4.92. The number of nitrogens with zero attached hydrogens (tertiary/aromatic N) is 2. The summed E-state index contributed by atoms with van der Waals surface area (Å²) in [6.45, 7) is 0.204. The van der Waals surface area contributed by atoms with E-state index in [1.807, 2.05) is 0 Å². The molecule has 1 rings (SSSR count). The van der Waals surface area contributed by atoms with E-state index in [2.05, 4.69) is 0 Å². The molecule has 0 aromatic rings. The predicted octanol–water partition coefficient (Wildman–Crippen LogP) is 0.758. The Kier molecular flexibility index (Phi) is 4.52. The number of aliphatic hydroxyl groups is 1. The molecule has 0 aromatic carbocycles. The summed E-state index contributed by atoms with van der Waals surface area (Å²) in [7, 11) is 1.34. The van der Waals surface area contributed by atoms with Crippen molar-refractivity contribution in [3.8, 4) is 0 Å². The number of alkyl halides is 3. The number of carbonyl (C=O) groups excluding carboxylic acids is 1.